The highest BCUT2D eigenvalue weighted by molar-refractivity contribution is 5.88. The van der Waals surface area contributed by atoms with Crippen LogP contribution in [-0.2, 0) is 38.1 Å². The molecule has 8 heteroatoms. The molecule has 0 rings (SSSR count). The van der Waals surface area contributed by atoms with Crippen molar-refractivity contribution in [2.24, 2.45) is 5.92 Å². The van der Waals surface area contributed by atoms with E-state index in [1.165, 1.54) is 0 Å². The van der Waals surface area contributed by atoms with Gasteiger partial charge in [-0.2, -0.15) is 0 Å². The summed E-state index contributed by atoms with van der Waals surface area (Å²) in [6.07, 6.45) is 12.5. The summed E-state index contributed by atoms with van der Waals surface area (Å²) in [5.41, 5.74) is 0. The summed E-state index contributed by atoms with van der Waals surface area (Å²) in [5, 5.41) is 0. The van der Waals surface area contributed by atoms with Gasteiger partial charge in [0, 0.05) is 6.92 Å². The average molecular weight is 348 g/mol. The summed E-state index contributed by atoms with van der Waals surface area (Å²) in [4.78, 5) is 47.1. The van der Waals surface area contributed by atoms with Gasteiger partial charge in [0.15, 0.2) is 19.8 Å². The first-order valence-electron chi connectivity index (χ1n) is 6.83. The fourth-order valence-electron chi connectivity index (χ4n) is 1.56. The van der Waals surface area contributed by atoms with Crippen LogP contribution < -0.4 is 0 Å². The lowest BCUT2D eigenvalue weighted by Gasteiger charge is -2.22. The second kappa shape index (κ2) is 12.0. The van der Waals surface area contributed by atoms with Crippen molar-refractivity contribution in [2.75, 3.05) is 19.8 Å². The summed E-state index contributed by atoms with van der Waals surface area (Å²) >= 11 is 0. The number of ether oxygens (including phenoxy) is 4. The molecule has 25 heavy (non-hydrogen) atoms. The summed E-state index contributed by atoms with van der Waals surface area (Å²) in [7, 11) is 0. The minimum atomic E-state index is -1.77. The van der Waals surface area contributed by atoms with Crippen molar-refractivity contribution in [1.29, 1.82) is 0 Å². The zero-order valence-corrected chi connectivity index (χ0v) is 13.5. The smallest absolute Gasteiger partial charge is 0.349 e. The largest absolute Gasteiger partial charge is 0.452 e. The lowest BCUT2D eigenvalue weighted by molar-refractivity contribution is -0.178. The maximum atomic E-state index is 12.1. The molecule has 2 atom stereocenters. The van der Waals surface area contributed by atoms with Crippen molar-refractivity contribution in [2.45, 2.75) is 19.4 Å². The summed E-state index contributed by atoms with van der Waals surface area (Å²) < 4.78 is 18.8. The Bertz CT molecular complexity index is 629. The fourth-order valence-corrected chi connectivity index (χ4v) is 1.56. The second-order valence-electron chi connectivity index (χ2n) is 4.33. The van der Waals surface area contributed by atoms with Crippen LogP contribution in [0.3, 0.4) is 0 Å². The quantitative estimate of drug-likeness (QED) is 0.311. The van der Waals surface area contributed by atoms with Crippen LogP contribution in [0.2, 0.25) is 0 Å². The standard InChI is InChI=1S/C17H16O8/c1-5-8-22-14(19)11-13(16(20)23-9-6-2)15(25-12(4)18)17(21)24-10-7-3/h1-3,13,15H,8-11H2,4H3. The van der Waals surface area contributed by atoms with Gasteiger partial charge in [-0.3, -0.25) is 14.4 Å². The van der Waals surface area contributed by atoms with E-state index in [0.717, 1.165) is 6.92 Å². The minimum Gasteiger partial charge on any atom is -0.452 e. The Morgan fingerprint density at radius 1 is 0.840 bits per heavy atom. The summed E-state index contributed by atoms with van der Waals surface area (Å²) in [6, 6.07) is 0. The lowest BCUT2D eigenvalue weighted by Crippen LogP contribution is -2.42. The minimum absolute atomic E-state index is 0.343. The number of carbonyl (C=O) groups excluding carboxylic acids is 4. The highest BCUT2D eigenvalue weighted by Gasteiger charge is 2.40. The van der Waals surface area contributed by atoms with E-state index >= 15 is 0 Å². The zero-order chi connectivity index (χ0) is 19.2. The predicted octanol–water partition coefficient (Wildman–Crippen LogP) is -0.546. The van der Waals surface area contributed by atoms with Crippen molar-refractivity contribution in [1.82, 2.24) is 0 Å². The predicted molar refractivity (Wildman–Crippen MR) is 83.0 cm³/mol. The van der Waals surface area contributed by atoms with Gasteiger partial charge in [-0.05, 0) is 0 Å². The normalized spacial score (nSPS) is 11.4. The molecule has 0 aliphatic heterocycles. The Balaban J connectivity index is 5.45. The summed E-state index contributed by atoms with van der Waals surface area (Å²) in [5.74, 6) is 0.611. The van der Waals surface area contributed by atoms with E-state index in [-0.39, 0.29) is 6.61 Å². The molecule has 0 saturated heterocycles. The molecule has 0 aliphatic rings. The van der Waals surface area contributed by atoms with Gasteiger partial charge in [0.1, 0.15) is 5.92 Å². The number of hydrogen-bond acceptors (Lipinski definition) is 8. The molecule has 0 aromatic carbocycles. The monoisotopic (exact) mass is 348 g/mol. The first kappa shape index (κ1) is 21.6. The SMILES string of the molecule is C#CCOC(=O)CC(C(=O)OCC#C)C(OC(C)=O)C(=O)OCC#C. The Labute approximate surface area is 145 Å². The van der Waals surface area contributed by atoms with Crippen LogP contribution in [0, 0.1) is 42.9 Å². The fraction of sp³-hybridized carbons (Fsp3) is 0.412. The highest BCUT2D eigenvalue weighted by Crippen LogP contribution is 2.18. The number of esters is 4. The van der Waals surface area contributed by atoms with Gasteiger partial charge in [-0.1, -0.05) is 17.8 Å². The lowest BCUT2D eigenvalue weighted by atomic mass is 9.98. The van der Waals surface area contributed by atoms with E-state index in [4.69, 9.17) is 28.7 Å². The second-order valence-corrected chi connectivity index (χ2v) is 4.33. The Hall–Kier alpha value is -3.44. The van der Waals surface area contributed by atoms with E-state index in [9.17, 15) is 19.2 Å². The molecular weight excluding hydrogens is 332 g/mol. The van der Waals surface area contributed by atoms with Crippen LogP contribution in [0.1, 0.15) is 13.3 Å². The average Bonchev–Trinajstić information content (AvgIpc) is 2.58. The van der Waals surface area contributed by atoms with Crippen LogP contribution in [0.25, 0.3) is 0 Å². The maximum absolute atomic E-state index is 12.1. The van der Waals surface area contributed by atoms with Crippen LogP contribution >= 0.6 is 0 Å². The molecule has 0 aromatic heterocycles. The van der Waals surface area contributed by atoms with E-state index < -0.39 is 55.5 Å². The van der Waals surface area contributed by atoms with Gasteiger partial charge in [0.25, 0.3) is 0 Å². The molecule has 0 radical (unpaired) electrons. The molecule has 0 saturated carbocycles. The first-order chi connectivity index (χ1) is 11.9. The third-order valence-electron chi connectivity index (χ3n) is 2.49. The van der Waals surface area contributed by atoms with E-state index in [2.05, 4.69) is 15.4 Å². The van der Waals surface area contributed by atoms with Crippen molar-refractivity contribution in [3.63, 3.8) is 0 Å². The highest BCUT2D eigenvalue weighted by atomic mass is 16.6. The van der Waals surface area contributed by atoms with E-state index in [1.807, 2.05) is 11.8 Å². The van der Waals surface area contributed by atoms with Crippen LogP contribution in [0.4, 0.5) is 0 Å². The molecular formula is C17H16O8. The van der Waals surface area contributed by atoms with Gasteiger partial charge in [-0.15, -0.1) is 19.3 Å². The molecule has 132 valence electrons. The molecule has 8 nitrogen and oxygen atoms in total. The number of terminal acetylenes is 3. The maximum Gasteiger partial charge on any atom is 0.349 e. The number of rotatable bonds is 9. The Morgan fingerprint density at radius 3 is 1.80 bits per heavy atom. The molecule has 0 N–H and O–H groups in total. The zero-order valence-electron chi connectivity index (χ0n) is 13.5. The number of carbonyl (C=O) groups is 4. The van der Waals surface area contributed by atoms with E-state index in [0.29, 0.717) is 0 Å². The third-order valence-corrected chi connectivity index (χ3v) is 2.49. The van der Waals surface area contributed by atoms with Gasteiger partial charge >= 0.3 is 23.9 Å². The molecule has 0 aromatic rings. The molecule has 0 spiro atoms. The van der Waals surface area contributed by atoms with Crippen LogP contribution in [0.5, 0.6) is 0 Å². The number of hydrogen-bond donors (Lipinski definition) is 0. The Morgan fingerprint density at radius 2 is 1.32 bits per heavy atom. The van der Waals surface area contributed by atoms with Gasteiger partial charge in [0.2, 0.25) is 6.10 Å². The topological polar surface area (TPSA) is 105 Å². The molecule has 0 amide bonds. The summed E-state index contributed by atoms with van der Waals surface area (Å²) in [6.45, 7) is -0.183. The van der Waals surface area contributed by atoms with Crippen molar-refractivity contribution < 1.29 is 38.1 Å². The van der Waals surface area contributed by atoms with Gasteiger partial charge in [-0.25, -0.2) is 4.79 Å². The van der Waals surface area contributed by atoms with Crippen LogP contribution in [0.15, 0.2) is 0 Å². The Kier molecular flexibility index (Phi) is 10.4. The van der Waals surface area contributed by atoms with Crippen molar-refractivity contribution in [3.05, 3.63) is 0 Å². The van der Waals surface area contributed by atoms with Crippen molar-refractivity contribution >= 4 is 23.9 Å². The third kappa shape index (κ3) is 8.68. The van der Waals surface area contributed by atoms with Gasteiger partial charge < -0.3 is 18.9 Å². The van der Waals surface area contributed by atoms with E-state index in [1.54, 1.807) is 0 Å². The van der Waals surface area contributed by atoms with Crippen LogP contribution in [-0.4, -0.2) is 49.8 Å². The molecule has 0 bridgehead atoms. The van der Waals surface area contributed by atoms with Gasteiger partial charge in [0.05, 0.1) is 6.42 Å². The molecule has 0 aliphatic carbocycles. The molecule has 0 fully saturated rings. The molecule has 0 heterocycles. The molecule has 2 unspecified atom stereocenters. The van der Waals surface area contributed by atoms with Crippen molar-refractivity contribution in [3.8, 4) is 37.0 Å². The first-order valence-corrected chi connectivity index (χ1v) is 6.83.